The van der Waals surface area contributed by atoms with Gasteiger partial charge in [-0.1, -0.05) is 0 Å². The number of hydrogen-bond donors (Lipinski definition) is 1. The molecule has 0 bridgehead atoms. The lowest BCUT2D eigenvalue weighted by Gasteiger charge is -2.35. The molecule has 0 saturated carbocycles. The predicted molar refractivity (Wildman–Crippen MR) is 99.4 cm³/mol. The molecule has 6 nitrogen and oxygen atoms in total. The Kier molecular flexibility index (Phi) is 5.30. The van der Waals surface area contributed by atoms with Gasteiger partial charge in [0.05, 0.1) is 13.5 Å². The number of amides is 2. The molecule has 0 spiro atoms. The SMILES string of the molecule is COc1ccc(C(=O)N2CCN(C(=O)Cc3ccc[nH]3)CC2)c(C)c1C. The zero-order valence-electron chi connectivity index (χ0n) is 15.5. The molecule has 138 valence electrons. The van der Waals surface area contributed by atoms with Crippen LogP contribution in [0.25, 0.3) is 0 Å². The lowest BCUT2D eigenvalue weighted by molar-refractivity contribution is -0.132. The molecular weight excluding hydrogens is 330 g/mol. The molecule has 1 aliphatic heterocycles. The lowest BCUT2D eigenvalue weighted by Crippen LogP contribution is -2.51. The minimum absolute atomic E-state index is 0.0183. The van der Waals surface area contributed by atoms with E-state index in [4.69, 9.17) is 4.74 Å². The summed E-state index contributed by atoms with van der Waals surface area (Å²) < 4.78 is 5.32. The number of aromatic amines is 1. The van der Waals surface area contributed by atoms with Crippen LogP contribution >= 0.6 is 0 Å². The molecule has 1 N–H and O–H groups in total. The highest BCUT2D eigenvalue weighted by Crippen LogP contribution is 2.25. The molecule has 2 heterocycles. The third-order valence-electron chi connectivity index (χ3n) is 5.11. The maximum atomic E-state index is 12.9. The molecule has 2 aromatic rings. The molecule has 0 radical (unpaired) electrons. The van der Waals surface area contributed by atoms with E-state index in [1.807, 2.05) is 54.1 Å². The van der Waals surface area contributed by atoms with Crippen molar-refractivity contribution in [1.29, 1.82) is 0 Å². The van der Waals surface area contributed by atoms with Gasteiger partial charge in [-0.3, -0.25) is 9.59 Å². The number of methoxy groups -OCH3 is 1. The van der Waals surface area contributed by atoms with Gasteiger partial charge in [-0.25, -0.2) is 0 Å². The Morgan fingerprint density at radius 2 is 1.73 bits per heavy atom. The molecule has 1 aromatic carbocycles. The number of piperazine rings is 1. The van der Waals surface area contributed by atoms with Gasteiger partial charge in [0.15, 0.2) is 0 Å². The van der Waals surface area contributed by atoms with Crippen LogP contribution < -0.4 is 4.74 Å². The molecule has 1 fully saturated rings. The fourth-order valence-electron chi connectivity index (χ4n) is 3.33. The van der Waals surface area contributed by atoms with Crippen molar-refractivity contribution in [3.8, 4) is 5.75 Å². The van der Waals surface area contributed by atoms with Crippen LogP contribution in [0.2, 0.25) is 0 Å². The van der Waals surface area contributed by atoms with Crippen LogP contribution in [0.1, 0.15) is 27.2 Å². The monoisotopic (exact) mass is 355 g/mol. The second-order valence-corrected chi connectivity index (χ2v) is 6.61. The summed E-state index contributed by atoms with van der Waals surface area (Å²) in [5.41, 5.74) is 3.55. The number of ether oxygens (including phenoxy) is 1. The summed E-state index contributed by atoms with van der Waals surface area (Å²) in [6.07, 6.45) is 2.19. The molecule has 1 aliphatic rings. The third kappa shape index (κ3) is 3.59. The normalized spacial score (nSPS) is 14.4. The van der Waals surface area contributed by atoms with Crippen LogP contribution in [0, 0.1) is 13.8 Å². The van der Waals surface area contributed by atoms with Crippen molar-refractivity contribution in [2.24, 2.45) is 0 Å². The van der Waals surface area contributed by atoms with Crippen molar-refractivity contribution in [2.45, 2.75) is 20.3 Å². The van der Waals surface area contributed by atoms with E-state index < -0.39 is 0 Å². The van der Waals surface area contributed by atoms with Gasteiger partial charge < -0.3 is 19.5 Å². The van der Waals surface area contributed by atoms with Crippen LogP contribution in [0.4, 0.5) is 0 Å². The first-order valence-electron chi connectivity index (χ1n) is 8.84. The van der Waals surface area contributed by atoms with Crippen molar-refractivity contribution in [3.63, 3.8) is 0 Å². The van der Waals surface area contributed by atoms with Gasteiger partial charge >= 0.3 is 0 Å². The van der Waals surface area contributed by atoms with Crippen molar-refractivity contribution in [3.05, 3.63) is 52.8 Å². The molecule has 0 aliphatic carbocycles. The first kappa shape index (κ1) is 18.0. The number of rotatable bonds is 4. The Labute approximate surface area is 153 Å². The minimum atomic E-state index is 0.0183. The highest BCUT2D eigenvalue weighted by atomic mass is 16.5. The Balaban J connectivity index is 1.62. The number of H-pyrrole nitrogens is 1. The van der Waals surface area contributed by atoms with E-state index in [0.29, 0.717) is 38.2 Å². The molecule has 2 amide bonds. The van der Waals surface area contributed by atoms with Crippen LogP contribution in [0.15, 0.2) is 30.5 Å². The summed E-state index contributed by atoms with van der Waals surface area (Å²) in [4.78, 5) is 32.0. The van der Waals surface area contributed by atoms with Gasteiger partial charge in [0, 0.05) is 43.6 Å². The van der Waals surface area contributed by atoms with Crippen molar-refractivity contribution >= 4 is 11.8 Å². The predicted octanol–water partition coefficient (Wildman–Crippen LogP) is 2.17. The van der Waals surface area contributed by atoms with Gasteiger partial charge in [0.1, 0.15) is 5.75 Å². The number of benzene rings is 1. The number of carbonyl (C=O) groups excluding carboxylic acids is 2. The lowest BCUT2D eigenvalue weighted by atomic mass is 10.0. The standard InChI is InChI=1S/C20H25N3O3/c1-14-15(2)18(26-3)7-6-17(14)20(25)23-11-9-22(10-12-23)19(24)13-16-5-4-8-21-16/h4-8,21H,9-13H2,1-3H3. The van der Waals surface area contributed by atoms with E-state index in [1.54, 1.807) is 7.11 Å². The number of nitrogens with one attached hydrogen (secondary N) is 1. The highest BCUT2D eigenvalue weighted by Gasteiger charge is 2.26. The molecule has 1 aromatic heterocycles. The Morgan fingerprint density at radius 1 is 1.04 bits per heavy atom. The average Bonchev–Trinajstić information content (AvgIpc) is 3.16. The van der Waals surface area contributed by atoms with Crippen molar-refractivity contribution in [1.82, 2.24) is 14.8 Å². The van der Waals surface area contributed by atoms with Crippen LogP contribution in [0.5, 0.6) is 5.75 Å². The third-order valence-corrected chi connectivity index (χ3v) is 5.11. The summed E-state index contributed by atoms with van der Waals surface area (Å²) in [5, 5.41) is 0. The first-order valence-corrected chi connectivity index (χ1v) is 8.84. The summed E-state index contributed by atoms with van der Waals surface area (Å²) >= 11 is 0. The number of hydrogen-bond acceptors (Lipinski definition) is 3. The van der Waals surface area contributed by atoms with Gasteiger partial charge in [-0.2, -0.15) is 0 Å². The zero-order valence-corrected chi connectivity index (χ0v) is 15.5. The number of aromatic nitrogens is 1. The van der Waals surface area contributed by atoms with Gasteiger partial charge in [0.25, 0.3) is 5.91 Å². The molecule has 3 rings (SSSR count). The van der Waals surface area contributed by atoms with Gasteiger partial charge in [0.2, 0.25) is 5.91 Å². The summed E-state index contributed by atoms with van der Waals surface area (Å²) in [5.74, 6) is 0.902. The van der Waals surface area contributed by atoms with Gasteiger partial charge in [-0.05, 0) is 49.2 Å². The quantitative estimate of drug-likeness (QED) is 0.914. The van der Waals surface area contributed by atoms with Crippen LogP contribution in [-0.4, -0.2) is 59.9 Å². The highest BCUT2D eigenvalue weighted by molar-refractivity contribution is 5.96. The fraction of sp³-hybridized carbons (Fsp3) is 0.400. The topological polar surface area (TPSA) is 65.6 Å². The zero-order chi connectivity index (χ0) is 18.7. The van der Waals surface area contributed by atoms with E-state index in [9.17, 15) is 9.59 Å². The molecule has 0 unspecified atom stereocenters. The molecule has 6 heteroatoms. The van der Waals surface area contributed by atoms with Crippen molar-refractivity contribution < 1.29 is 14.3 Å². The maximum absolute atomic E-state index is 12.9. The molecule has 0 atom stereocenters. The van der Waals surface area contributed by atoms with E-state index in [2.05, 4.69) is 4.98 Å². The molecule has 1 saturated heterocycles. The fourth-order valence-corrected chi connectivity index (χ4v) is 3.33. The minimum Gasteiger partial charge on any atom is -0.496 e. The van der Waals surface area contributed by atoms with Gasteiger partial charge in [-0.15, -0.1) is 0 Å². The van der Waals surface area contributed by atoms with E-state index in [0.717, 1.165) is 22.6 Å². The molecule has 26 heavy (non-hydrogen) atoms. The summed E-state index contributed by atoms with van der Waals surface area (Å²) in [6.45, 7) is 6.15. The number of nitrogens with zero attached hydrogens (tertiary/aromatic N) is 2. The second kappa shape index (κ2) is 7.64. The maximum Gasteiger partial charge on any atom is 0.254 e. The average molecular weight is 355 g/mol. The second-order valence-electron chi connectivity index (χ2n) is 6.61. The van der Waals surface area contributed by atoms with Crippen LogP contribution in [-0.2, 0) is 11.2 Å². The smallest absolute Gasteiger partial charge is 0.254 e. The summed E-state index contributed by atoms with van der Waals surface area (Å²) in [6, 6.07) is 7.46. The molecular formula is C20H25N3O3. The Bertz CT molecular complexity index is 791. The van der Waals surface area contributed by atoms with Crippen molar-refractivity contribution in [2.75, 3.05) is 33.3 Å². The Hall–Kier alpha value is -2.76. The van der Waals surface area contributed by atoms with E-state index >= 15 is 0 Å². The van der Waals surface area contributed by atoms with E-state index in [1.165, 1.54) is 0 Å². The van der Waals surface area contributed by atoms with Crippen LogP contribution in [0.3, 0.4) is 0 Å². The number of carbonyl (C=O) groups is 2. The first-order chi connectivity index (χ1) is 12.5. The Morgan fingerprint density at radius 3 is 2.35 bits per heavy atom. The summed E-state index contributed by atoms with van der Waals surface area (Å²) in [7, 11) is 1.63. The largest absolute Gasteiger partial charge is 0.496 e. The van der Waals surface area contributed by atoms with E-state index in [-0.39, 0.29) is 11.8 Å².